The van der Waals surface area contributed by atoms with Crippen LogP contribution < -0.4 is 0 Å². The molecule has 1 aromatic heterocycles. The highest BCUT2D eigenvalue weighted by Crippen LogP contribution is 2.25. The number of aromatic nitrogens is 1. The van der Waals surface area contributed by atoms with E-state index in [1.165, 1.54) is 5.56 Å². The van der Waals surface area contributed by atoms with Crippen LogP contribution >= 0.6 is 0 Å². The molecule has 0 radical (unpaired) electrons. The van der Waals surface area contributed by atoms with Crippen molar-refractivity contribution in [2.24, 2.45) is 0 Å². The predicted octanol–water partition coefficient (Wildman–Crippen LogP) is 4.14. The average Bonchev–Trinajstić information content (AvgIpc) is 2.55. The fourth-order valence-electron chi connectivity index (χ4n) is 2.41. The molecule has 2 aromatic carbocycles. The molecule has 0 aliphatic heterocycles. The van der Waals surface area contributed by atoms with E-state index in [1.807, 2.05) is 55.5 Å². The van der Waals surface area contributed by atoms with Gasteiger partial charge >= 0.3 is 0 Å². The van der Waals surface area contributed by atoms with Gasteiger partial charge in [-0.1, -0.05) is 60.7 Å². The minimum atomic E-state index is -0.637. The lowest BCUT2D eigenvalue weighted by Gasteiger charge is -2.12. The first kappa shape index (κ1) is 13.5. The first-order valence-corrected chi connectivity index (χ1v) is 6.99. The quantitative estimate of drug-likeness (QED) is 0.779. The van der Waals surface area contributed by atoms with Gasteiger partial charge in [-0.25, -0.2) is 0 Å². The van der Waals surface area contributed by atoms with E-state index in [2.05, 4.69) is 17.1 Å². The fraction of sp³-hybridized carbons (Fsp3) is 0.105. The van der Waals surface area contributed by atoms with Gasteiger partial charge in [0, 0.05) is 18.0 Å². The number of rotatable bonds is 3. The first-order chi connectivity index (χ1) is 10.2. The van der Waals surface area contributed by atoms with Crippen molar-refractivity contribution in [3.8, 4) is 11.1 Å². The van der Waals surface area contributed by atoms with Crippen molar-refractivity contribution in [2.45, 2.75) is 13.0 Å². The Labute approximate surface area is 124 Å². The second kappa shape index (κ2) is 5.90. The molecule has 1 heterocycles. The Balaban J connectivity index is 1.87. The lowest BCUT2D eigenvalue weighted by Crippen LogP contribution is -2.00. The van der Waals surface area contributed by atoms with Crippen LogP contribution in [0.25, 0.3) is 11.1 Å². The molecule has 0 bridgehead atoms. The highest BCUT2D eigenvalue weighted by molar-refractivity contribution is 5.63. The molecule has 21 heavy (non-hydrogen) atoms. The molecule has 0 saturated carbocycles. The minimum absolute atomic E-state index is 0.637. The molecule has 104 valence electrons. The Kier molecular flexibility index (Phi) is 3.80. The summed E-state index contributed by atoms with van der Waals surface area (Å²) in [5, 5.41) is 10.4. The van der Waals surface area contributed by atoms with Crippen molar-refractivity contribution in [3.05, 3.63) is 89.7 Å². The Morgan fingerprint density at radius 3 is 2.14 bits per heavy atom. The molecule has 0 spiro atoms. The third-order valence-electron chi connectivity index (χ3n) is 3.55. The van der Waals surface area contributed by atoms with E-state index in [4.69, 9.17) is 0 Å². The van der Waals surface area contributed by atoms with Gasteiger partial charge < -0.3 is 5.11 Å². The van der Waals surface area contributed by atoms with E-state index in [9.17, 15) is 5.11 Å². The number of pyridine rings is 1. The number of nitrogens with zero attached hydrogens (tertiary/aromatic N) is 1. The van der Waals surface area contributed by atoms with Gasteiger partial charge in [0.2, 0.25) is 0 Å². The Morgan fingerprint density at radius 1 is 0.810 bits per heavy atom. The molecule has 2 heteroatoms. The summed E-state index contributed by atoms with van der Waals surface area (Å²) in [6, 6.07) is 20.2. The summed E-state index contributed by atoms with van der Waals surface area (Å²) in [7, 11) is 0. The summed E-state index contributed by atoms with van der Waals surface area (Å²) >= 11 is 0. The SMILES string of the molecule is Cc1cncc(C(O)c2ccc(-c3ccccc3)cc2)c1. The van der Waals surface area contributed by atoms with Gasteiger partial charge in [-0.15, -0.1) is 0 Å². The number of aryl methyl sites for hydroxylation is 1. The molecular formula is C19H17NO. The van der Waals surface area contributed by atoms with Gasteiger partial charge in [0.05, 0.1) is 0 Å². The largest absolute Gasteiger partial charge is 0.384 e. The van der Waals surface area contributed by atoms with Crippen LogP contribution in [-0.2, 0) is 0 Å². The lowest BCUT2D eigenvalue weighted by atomic mass is 9.98. The molecule has 0 aliphatic carbocycles. The van der Waals surface area contributed by atoms with Crippen molar-refractivity contribution < 1.29 is 5.11 Å². The molecule has 2 nitrogen and oxygen atoms in total. The zero-order chi connectivity index (χ0) is 14.7. The number of aliphatic hydroxyl groups excluding tert-OH is 1. The van der Waals surface area contributed by atoms with Crippen molar-refractivity contribution >= 4 is 0 Å². The maximum Gasteiger partial charge on any atom is 0.106 e. The van der Waals surface area contributed by atoms with Gasteiger partial charge in [0.15, 0.2) is 0 Å². The van der Waals surface area contributed by atoms with Crippen molar-refractivity contribution in [2.75, 3.05) is 0 Å². The molecule has 1 N–H and O–H groups in total. The maximum atomic E-state index is 10.4. The molecular weight excluding hydrogens is 258 g/mol. The number of aliphatic hydroxyl groups is 1. The summed E-state index contributed by atoms with van der Waals surface area (Å²) in [4.78, 5) is 4.14. The monoisotopic (exact) mass is 275 g/mol. The molecule has 0 fully saturated rings. The van der Waals surface area contributed by atoms with Gasteiger partial charge in [-0.2, -0.15) is 0 Å². The van der Waals surface area contributed by atoms with Crippen molar-refractivity contribution in [3.63, 3.8) is 0 Å². The Hall–Kier alpha value is -2.45. The third-order valence-corrected chi connectivity index (χ3v) is 3.55. The van der Waals surface area contributed by atoms with Crippen LogP contribution in [0, 0.1) is 6.92 Å². The summed E-state index contributed by atoms with van der Waals surface area (Å²) in [5.74, 6) is 0. The molecule has 0 aliphatic rings. The van der Waals surface area contributed by atoms with Crippen LogP contribution in [0.3, 0.4) is 0 Å². The van der Waals surface area contributed by atoms with Crippen LogP contribution in [0.2, 0.25) is 0 Å². The standard InChI is InChI=1S/C19H17NO/c1-14-11-18(13-20-12-14)19(21)17-9-7-16(8-10-17)15-5-3-2-4-6-15/h2-13,19,21H,1H3. The fourth-order valence-corrected chi connectivity index (χ4v) is 2.41. The van der Waals surface area contributed by atoms with Crippen LogP contribution in [-0.4, -0.2) is 10.1 Å². The normalized spacial score (nSPS) is 12.1. The molecule has 3 aromatic rings. The zero-order valence-corrected chi connectivity index (χ0v) is 11.9. The number of hydrogen-bond acceptors (Lipinski definition) is 2. The minimum Gasteiger partial charge on any atom is -0.384 e. The van der Waals surface area contributed by atoms with Gasteiger partial charge in [-0.3, -0.25) is 4.98 Å². The topological polar surface area (TPSA) is 33.1 Å². The zero-order valence-electron chi connectivity index (χ0n) is 11.9. The third kappa shape index (κ3) is 3.01. The molecule has 3 rings (SSSR count). The summed E-state index contributed by atoms with van der Waals surface area (Å²) < 4.78 is 0. The van der Waals surface area contributed by atoms with Crippen LogP contribution in [0.15, 0.2) is 73.1 Å². The van der Waals surface area contributed by atoms with Gasteiger partial charge in [0.25, 0.3) is 0 Å². The van der Waals surface area contributed by atoms with E-state index >= 15 is 0 Å². The van der Waals surface area contributed by atoms with E-state index in [0.717, 1.165) is 22.3 Å². The molecule has 0 amide bonds. The van der Waals surface area contributed by atoms with E-state index < -0.39 is 6.10 Å². The summed E-state index contributed by atoms with van der Waals surface area (Å²) in [5.41, 5.74) is 5.07. The Morgan fingerprint density at radius 2 is 1.48 bits per heavy atom. The molecule has 0 saturated heterocycles. The highest BCUT2D eigenvalue weighted by Gasteiger charge is 2.11. The van der Waals surface area contributed by atoms with Crippen LogP contribution in [0.5, 0.6) is 0 Å². The smallest absolute Gasteiger partial charge is 0.106 e. The van der Waals surface area contributed by atoms with E-state index in [-0.39, 0.29) is 0 Å². The number of hydrogen-bond donors (Lipinski definition) is 1. The van der Waals surface area contributed by atoms with Crippen LogP contribution in [0.4, 0.5) is 0 Å². The van der Waals surface area contributed by atoms with Gasteiger partial charge in [-0.05, 0) is 29.2 Å². The summed E-state index contributed by atoms with van der Waals surface area (Å²) in [6.07, 6.45) is 2.86. The van der Waals surface area contributed by atoms with E-state index in [1.54, 1.807) is 12.4 Å². The van der Waals surface area contributed by atoms with Crippen molar-refractivity contribution in [1.82, 2.24) is 4.98 Å². The summed E-state index contributed by atoms with van der Waals surface area (Å²) in [6.45, 7) is 1.97. The number of benzene rings is 2. The second-order valence-electron chi connectivity index (χ2n) is 5.19. The Bertz CT molecular complexity index is 720. The highest BCUT2D eigenvalue weighted by atomic mass is 16.3. The van der Waals surface area contributed by atoms with E-state index in [0.29, 0.717) is 0 Å². The van der Waals surface area contributed by atoms with Crippen molar-refractivity contribution in [1.29, 1.82) is 0 Å². The average molecular weight is 275 g/mol. The first-order valence-electron chi connectivity index (χ1n) is 6.99. The predicted molar refractivity (Wildman–Crippen MR) is 84.9 cm³/mol. The van der Waals surface area contributed by atoms with Crippen LogP contribution in [0.1, 0.15) is 22.8 Å². The van der Waals surface area contributed by atoms with Gasteiger partial charge in [0.1, 0.15) is 6.10 Å². The molecule has 1 atom stereocenters. The molecule has 1 unspecified atom stereocenters. The second-order valence-corrected chi connectivity index (χ2v) is 5.19. The maximum absolute atomic E-state index is 10.4. The lowest BCUT2D eigenvalue weighted by molar-refractivity contribution is 0.220.